The molecule has 2 aliphatic rings. The van der Waals surface area contributed by atoms with Crippen LogP contribution in [-0.2, 0) is 10.0 Å². The van der Waals surface area contributed by atoms with Crippen molar-refractivity contribution in [2.45, 2.75) is 63.8 Å². The van der Waals surface area contributed by atoms with Crippen molar-refractivity contribution in [3.05, 3.63) is 11.4 Å². The van der Waals surface area contributed by atoms with Gasteiger partial charge in [-0.3, -0.25) is 5.10 Å². The number of fused-ring (bicyclic) bond motifs is 1. The smallest absolute Gasteiger partial charge is 0.246 e. The second-order valence-electron chi connectivity index (χ2n) is 6.66. The largest absolute Gasteiger partial charge is 0.281 e. The van der Waals surface area contributed by atoms with Crippen LogP contribution in [0.5, 0.6) is 0 Å². The van der Waals surface area contributed by atoms with Crippen LogP contribution in [0, 0.1) is 25.7 Å². The summed E-state index contributed by atoms with van der Waals surface area (Å²) in [6.45, 7) is 6.48. The SMILES string of the molecule is Cc1n[nH]c(C)c1S(=O)(=O)N1CCC(C)C2CCCCC21. The number of aromatic amines is 1. The predicted octanol–water partition coefficient (Wildman–Crippen LogP) is 2.62. The Kier molecular flexibility index (Phi) is 3.86. The molecule has 0 radical (unpaired) electrons. The van der Waals surface area contributed by atoms with Crippen LogP contribution < -0.4 is 0 Å². The Balaban J connectivity index is 1.98. The predicted molar refractivity (Wildman–Crippen MR) is 81.5 cm³/mol. The number of sulfonamides is 1. The van der Waals surface area contributed by atoms with Gasteiger partial charge in [-0.05, 0) is 44.9 Å². The fourth-order valence-corrected chi connectivity index (χ4v) is 6.26. The molecule has 1 N–H and O–H groups in total. The lowest BCUT2D eigenvalue weighted by atomic mass is 9.74. The number of hydrogen-bond acceptors (Lipinski definition) is 3. The summed E-state index contributed by atoms with van der Waals surface area (Å²) < 4.78 is 28.0. The van der Waals surface area contributed by atoms with E-state index < -0.39 is 10.0 Å². The summed E-state index contributed by atoms with van der Waals surface area (Å²) in [7, 11) is -3.43. The molecule has 0 spiro atoms. The molecular formula is C15H25N3O2S. The topological polar surface area (TPSA) is 66.1 Å². The van der Waals surface area contributed by atoms with Crippen molar-refractivity contribution >= 4 is 10.0 Å². The third-order valence-electron chi connectivity index (χ3n) is 5.31. The molecule has 3 unspecified atom stereocenters. The highest BCUT2D eigenvalue weighted by molar-refractivity contribution is 7.89. The van der Waals surface area contributed by atoms with Crippen LogP contribution >= 0.6 is 0 Å². The summed E-state index contributed by atoms with van der Waals surface area (Å²) in [6, 6.07) is 0.182. The Bertz CT molecular complexity index is 603. The van der Waals surface area contributed by atoms with Crippen LogP contribution in [-0.4, -0.2) is 35.5 Å². The maximum atomic E-state index is 13.1. The molecule has 118 valence electrons. The van der Waals surface area contributed by atoms with Crippen molar-refractivity contribution in [3.8, 4) is 0 Å². The molecule has 2 fully saturated rings. The average molecular weight is 311 g/mol. The summed E-state index contributed by atoms with van der Waals surface area (Å²) in [6.07, 6.45) is 5.52. The maximum absolute atomic E-state index is 13.1. The highest BCUT2D eigenvalue weighted by Gasteiger charge is 2.44. The highest BCUT2D eigenvalue weighted by atomic mass is 32.2. The summed E-state index contributed by atoms with van der Waals surface area (Å²) in [5, 5.41) is 6.87. The molecule has 2 heterocycles. The van der Waals surface area contributed by atoms with E-state index in [9.17, 15) is 8.42 Å². The second kappa shape index (κ2) is 5.39. The van der Waals surface area contributed by atoms with E-state index in [2.05, 4.69) is 17.1 Å². The van der Waals surface area contributed by atoms with Crippen LogP contribution in [0.4, 0.5) is 0 Å². The lowest BCUT2D eigenvalue weighted by Gasteiger charge is -2.46. The van der Waals surface area contributed by atoms with Gasteiger partial charge >= 0.3 is 0 Å². The number of aromatic nitrogens is 2. The van der Waals surface area contributed by atoms with E-state index in [0.717, 1.165) is 19.3 Å². The molecule has 3 rings (SSSR count). The zero-order valence-electron chi connectivity index (χ0n) is 13.1. The molecule has 0 bridgehead atoms. The van der Waals surface area contributed by atoms with Crippen LogP contribution in [0.25, 0.3) is 0 Å². The first-order valence-corrected chi connectivity index (χ1v) is 9.40. The van der Waals surface area contributed by atoms with E-state index in [1.165, 1.54) is 12.8 Å². The average Bonchev–Trinajstić information content (AvgIpc) is 2.79. The van der Waals surface area contributed by atoms with Gasteiger partial charge < -0.3 is 0 Å². The monoisotopic (exact) mass is 311 g/mol. The summed E-state index contributed by atoms with van der Waals surface area (Å²) in [5.41, 5.74) is 1.23. The van der Waals surface area contributed by atoms with Crippen LogP contribution in [0.1, 0.15) is 50.4 Å². The molecule has 1 aromatic rings. The third-order valence-corrected chi connectivity index (χ3v) is 7.50. The van der Waals surface area contributed by atoms with Crippen molar-refractivity contribution in [2.24, 2.45) is 11.8 Å². The van der Waals surface area contributed by atoms with Gasteiger partial charge in [-0.25, -0.2) is 8.42 Å². The Morgan fingerprint density at radius 2 is 1.90 bits per heavy atom. The lowest BCUT2D eigenvalue weighted by molar-refractivity contribution is 0.0826. The molecule has 21 heavy (non-hydrogen) atoms. The van der Waals surface area contributed by atoms with Crippen molar-refractivity contribution in [2.75, 3.05) is 6.54 Å². The first kappa shape index (κ1) is 15.0. The number of hydrogen-bond donors (Lipinski definition) is 1. The van der Waals surface area contributed by atoms with Crippen LogP contribution in [0.15, 0.2) is 4.90 Å². The van der Waals surface area contributed by atoms with Gasteiger partial charge in [0.25, 0.3) is 0 Å². The van der Waals surface area contributed by atoms with E-state index in [4.69, 9.17) is 0 Å². The van der Waals surface area contributed by atoms with Crippen molar-refractivity contribution in [1.82, 2.24) is 14.5 Å². The number of nitrogens with one attached hydrogen (secondary N) is 1. The van der Waals surface area contributed by atoms with Gasteiger partial charge in [0.1, 0.15) is 4.90 Å². The number of aryl methyl sites for hydroxylation is 2. The summed E-state index contributed by atoms with van der Waals surface area (Å²) >= 11 is 0. The van der Waals surface area contributed by atoms with Gasteiger partial charge in [-0.15, -0.1) is 0 Å². The number of piperidine rings is 1. The van der Waals surface area contributed by atoms with Gasteiger partial charge in [0.15, 0.2) is 0 Å². The normalized spacial score (nSPS) is 31.1. The number of nitrogens with zero attached hydrogens (tertiary/aromatic N) is 2. The van der Waals surface area contributed by atoms with Crippen LogP contribution in [0.3, 0.4) is 0 Å². The first-order chi connectivity index (χ1) is 9.93. The molecule has 1 aliphatic heterocycles. The Morgan fingerprint density at radius 1 is 1.19 bits per heavy atom. The third kappa shape index (κ3) is 2.42. The van der Waals surface area contributed by atoms with Gasteiger partial charge in [0.05, 0.1) is 11.4 Å². The summed E-state index contributed by atoms with van der Waals surface area (Å²) in [5.74, 6) is 1.16. The highest BCUT2D eigenvalue weighted by Crippen LogP contribution is 2.41. The molecule has 1 aromatic heterocycles. The van der Waals surface area contributed by atoms with E-state index in [-0.39, 0.29) is 6.04 Å². The Hall–Kier alpha value is -0.880. The molecule has 1 aliphatic carbocycles. The Morgan fingerprint density at radius 3 is 2.57 bits per heavy atom. The van der Waals surface area contributed by atoms with Gasteiger partial charge in [-0.2, -0.15) is 9.40 Å². The molecule has 6 heteroatoms. The minimum atomic E-state index is -3.43. The van der Waals surface area contributed by atoms with Crippen molar-refractivity contribution in [1.29, 1.82) is 0 Å². The molecule has 0 amide bonds. The van der Waals surface area contributed by atoms with E-state index in [1.54, 1.807) is 18.2 Å². The molecule has 1 saturated heterocycles. The van der Waals surface area contributed by atoms with E-state index in [1.807, 2.05) is 0 Å². The lowest BCUT2D eigenvalue weighted by Crippen LogP contribution is -2.52. The maximum Gasteiger partial charge on any atom is 0.246 e. The molecular weight excluding hydrogens is 286 g/mol. The fraction of sp³-hybridized carbons (Fsp3) is 0.800. The standard InChI is InChI=1S/C15H25N3O2S/c1-10-8-9-18(14-7-5-4-6-13(10)14)21(19,20)15-11(2)16-17-12(15)3/h10,13-14H,4-9H2,1-3H3,(H,16,17). The second-order valence-corrected chi connectivity index (χ2v) is 8.49. The first-order valence-electron chi connectivity index (χ1n) is 7.96. The summed E-state index contributed by atoms with van der Waals surface area (Å²) in [4.78, 5) is 0.390. The minimum absolute atomic E-state index is 0.182. The van der Waals surface area contributed by atoms with Crippen molar-refractivity contribution < 1.29 is 8.42 Å². The van der Waals surface area contributed by atoms with Gasteiger partial charge in [0, 0.05) is 12.6 Å². The van der Waals surface area contributed by atoms with Crippen molar-refractivity contribution in [3.63, 3.8) is 0 Å². The van der Waals surface area contributed by atoms with Gasteiger partial charge in [0.2, 0.25) is 10.0 Å². The zero-order chi connectivity index (χ0) is 15.2. The molecule has 3 atom stereocenters. The fourth-order valence-electron chi connectivity index (χ4n) is 4.21. The molecule has 1 saturated carbocycles. The quantitative estimate of drug-likeness (QED) is 0.913. The number of H-pyrrole nitrogens is 1. The van der Waals surface area contributed by atoms with Gasteiger partial charge in [-0.1, -0.05) is 19.8 Å². The minimum Gasteiger partial charge on any atom is -0.281 e. The van der Waals surface area contributed by atoms with Crippen LogP contribution in [0.2, 0.25) is 0 Å². The molecule has 5 nitrogen and oxygen atoms in total. The zero-order valence-corrected chi connectivity index (χ0v) is 13.9. The van der Waals surface area contributed by atoms with E-state index in [0.29, 0.717) is 34.7 Å². The number of rotatable bonds is 2. The Labute approximate surface area is 127 Å². The van der Waals surface area contributed by atoms with E-state index >= 15 is 0 Å². The molecule has 0 aromatic carbocycles.